The number of nitrogens with one attached hydrogen (secondary N) is 2. The first-order chi connectivity index (χ1) is 14.3. The molecule has 144 valence electrons. The number of amides is 2. The Kier molecular flexibility index (Phi) is 5.57. The highest BCUT2D eigenvalue weighted by molar-refractivity contribution is 5.75. The van der Waals surface area contributed by atoms with Crippen LogP contribution in [-0.2, 0) is 6.54 Å². The number of rotatable bonds is 6. The molecule has 2 heterocycles. The van der Waals surface area contributed by atoms with Gasteiger partial charge in [-0.15, -0.1) is 5.10 Å². The predicted octanol–water partition coefficient (Wildman–Crippen LogP) is 3.25. The van der Waals surface area contributed by atoms with E-state index < -0.39 is 0 Å². The first-order valence-electron chi connectivity index (χ1n) is 9.25. The first kappa shape index (κ1) is 18.4. The van der Waals surface area contributed by atoms with Crippen LogP contribution in [0.4, 0.5) is 4.79 Å². The molecule has 0 bridgehead atoms. The van der Waals surface area contributed by atoms with E-state index in [1.807, 2.05) is 72.8 Å². The fraction of sp³-hybridized carbons (Fsp3) is 0.0909. The van der Waals surface area contributed by atoms with Crippen LogP contribution in [-0.4, -0.2) is 26.0 Å². The molecule has 0 unspecified atom stereocenters. The fourth-order valence-corrected chi connectivity index (χ4v) is 3.00. The Hall–Kier alpha value is -4.00. The number of urea groups is 1. The average molecular weight is 384 g/mol. The van der Waals surface area contributed by atoms with Gasteiger partial charge in [0.25, 0.3) is 0 Å². The van der Waals surface area contributed by atoms with Crippen LogP contribution < -0.4 is 10.6 Å². The zero-order valence-corrected chi connectivity index (χ0v) is 15.6. The van der Waals surface area contributed by atoms with Gasteiger partial charge in [0.05, 0.1) is 30.7 Å². The van der Waals surface area contributed by atoms with Crippen molar-refractivity contribution in [1.29, 1.82) is 0 Å². The zero-order valence-electron chi connectivity index (χ0n) is 15.6. The number of hydrogen-bond acceptors (Lipinski definition) is 4. The minimum absolute atomic E-state index is 0.247. The number of benzene rings is 2. The minimum atomic E-state index is -0.279. The van der Waals surface area contributed by atoms with Crippen molar-refractivity contribution in [1.82, 2.24) is 30.6 Å². The van der Waals surface area contributed by atoms with Gasteiger partial charge in [0.15, 0.2) is 0 Å². The highest BCUT2D eigenvalue weighted by atomic mass is 16.2. The van der Waals surface area contributed by atoms with Crippen LogP contribution in [0.15, 0.2) is 91.4 Å². The van der Waals surface area contributed by atoms with E-state index in [2.05, 4.69) is 25.9 Å². The third-order valence-corrected chi connectivity index (χ3v) is 4.42. The highest BCUT2D eigenvalue weighted by Crippen LogP contribution is 2.21. The molecule has 7 nitrogen and oxygen atoms in total. The molecule has 0 fully saturated rings. The SMILES string of the molecule is O=C(NCc1cn(-c2cccnc2)nn1)NC(c1ccccc1)c1ccccc1. The number of hydrogen-bond donors (Lipinski definition) is 2. The van der Waals surface area contributed by atoms with E-state index in [4.69, 9.17) is 0 Å². The van der Waals surface area contributed by atoms with E-state index in [9.17, 15) is 4.79 Å². The van der Waals surface area contributed by atoms with Crippen LogP contribution in [0.2, 0.25) is 0 Å². The molecule has 0 radical (unpaired) electrons. The number of nitrogens with zero attached hydrogens (tertiary/aromatic N) is 4. The molecule has 2 aromatic carbocycles. The van der Waals surface area contributed by atoms with E-state index in [1.165, 1.54) is 0 Å². The van der Waals surface area contributed by atoms with Gasteiger partial charge in [-0.1, -0.05) is 65.9 Å². The van der Waals surface area contributed by atoms with Gasteiger partial charge < -0.3 is 10.6 Å². The Labute approximate surface area is 168 Å². The molecule has 2 aromatic heterocycles. The summed E-state index contributed by atoms with van der Waals surface area (Å²) in [4.78, 5) is 16.6. The Morgan fingerprint density at radius 2 is 1.62 bits per heavy atom. The van der Waals surface area contributed by atoms with Crippen LogP contribution >= 0.6 is 0 Å². The molecule has 7 heteroatoms. The summed E-state index contributed by atoms with van der Waals surface area (Å²) in [6.45, 7) is 0.266. The highest BCUT2D eigenvalue weighted by Gasteiger charge is 2.16. The summed E-state index contributed by atoms with van der Waals surface area (Å²) in [7, 11) is 0. The molecule has 0 saturated carbocycles. The van der Waals surface area contributed by atoms with Crippen LogP contribution in [0, 0.1) is 0 Å². The number of carbonyl (C=O) groups excluding carboxylic acids is 1. The molecular weight excluding hydrogens is 364 g/mol. The minimum Gasteiger partial charge on any atom is -0.332 e. The molecule has 29 heavy (non-hydrogen) atoms. The lowest BCUT2D eigenvalue weighted by atomic mass is 9.99. The molecule has 0 saturated heterocycles. The lowest BCUT2D eigenvalue weighted by molar-refractivity contribution is 0.238. The second-order valence-corrected chi connectivity index (χ2v) is 6.45. The summed E-state index contributed by atoms with van der Waals surface area (Å²) in [6.07, 6.45) is 5.16. The second kappa shape index (κ2) is 8.79. The number of pyridine rings is 1. The quantitative estimate of drug-likeness (QED) is 0.534. The van der Waals surface area contributed by atoms with E-state index in [0.717, 1.165) is 16.8 Å². The van der Waals surface area contributed by atoms with Gasteiger partial charge in [-0.25, -0.2) is 9.48 Å². The fourth-order valence-electron chi connectivity index (χ4n) is 3.00. The zero-order chi connectivity index (χ0) is 19.9. The van der Waals surface area contributed by atoms with E-state index in [-0.39, 0.29) is 18.6 Å². The lowest BCUT2D eigenvalue weighted by Gasteiger charge is -2.20. The standard InChI is InChI=1S/C22H20N6O/c29-22(24-14-19-16-28(27-26-19)20-12-7-13-23-15-20)25-21(17-8-3-1-4-9-17)18-10-5-2-6-11-18/h1-13,15-16,21H,14H2,(H2,24,25,29). The summed E-state index contributed by atoms with van der Waals surface area (Å²) in [5.74, 6) is 0. The van der Waals surface area contributed by atoms with E-state index >= 15 is 0 Å². The van der Waals surface area contributed by atoms with Gasteiger partial charge in [0, 0.05) is 6.20 Å². The van der Waals surface area contributed by atoms with Crippen LogP contribution in [0.1, 0.15) is 22.9 Å². The van der Waals surface area contributed by atoms with Crippen LogP contribution in [0.5, 0.6) is 0 Å². The maximum absolute atomic E-state index is 12.6. The lowest BCUT2D eigenvalue weighted by Crippen LogP contribution is -2.38. The summed E-state index contributed by atoms with van der Waals surface area (Å²) < 4.78 is 1.62. The van der Waals surface area contributed by atoms with Crippen molar-refractivity contribution in [2.75, 3.05) is 0 Å². The Morgan fingerprint density at radius 3 is 2.24 bits per heavy atom. The maximum atomic E-state index is 12.6. The number of carbonyl (C=O) groups is 1. The molecular formula is C22H20N6O. The van der Waals surface area contributed by atoms with Crippen molar-refractivity contribution in [2.45, 2.75) is 12.6 Å². The first-order valence-corrected chi connectivity index (χ1v) is 9.25. The Bertz CT molecular complexity index is 1010. The topological polar surface area (TPSA) is 84.7 Å². The normalized spacial score (nSPS) is 10.7. The predicted molar refractivity (Wildman–Crippen MR) is 109 cm³/mol. The number of aromatic nitrogens is 4. The van der Waals surface area contributed by atoms with Gasteiger partial charge in [0.2, 0.25) is 0 Å². The van der Waals surface area contributed by atoms with Crippen LogP contribution in [0.3, 0.4) is 0 Å². The van der Waals surface area contributed by atoms with E-state index in [1.54, 1.807) is 23.3 Å². The van der Waals surface area contributed by atoms with Gasteiger partial charge in [0.1, 0.15) is 5.69 Å². The van der Waals surface area contributed by atoms with Crippen LogP contribution in [0.25, 0.3) is 5.69 Å². The summed E-state index contributed by atoms with van der Waals surface area (Å²) in [5, 5.41) is 14.1. The van der Waals surface area contributed by atoms with Crippen molar-refractivity contribution in [3.05, 3.63) is 108 Å². The van der Waals surface area contributed by atoms with Crippen molar-refractivity contribution >= 4 is 6.03 Å². The summed E-state index contributed by atoms with van der Waals surface area (Å²) >= 11 is 0. The van der Waals surface area contributed by atoms with E-state index in [0.29, 0.717) is 5.69 Å². The van der Waals surface area contributed by atoms with Crippen molar-refractivity contribution in [2.24, 2.45) is 0 Å². The molecule has 0 aliphatic rings. The average Bonchev–Trinajstić information content (AvgIpc) is 3.27. The molecule has 0 spiro atoms. The monoisotopic (exact) mass is 384 g/mol. The smallest absolute Gasteiger partial charge is 0.315 e. The summed E-state index contributed by atoms with van der Waals surface area (Å²) in [5.41, 5.74) is 3.48. The molecule has 4 aromatic rings. The van der Waals surface area contributed by atoms with Gasteiger partial charge in [-0.05, 0) is 23.3 Å². The van der Waals surface area contributed by atoms with Gasteiger partial charge in [-0.2, -0.15) is 0 Å². The second-order valence-electron chi connectivity index (χ2n) is 6.45. The molecule has 2 N–H and O–H groups in total. The third kappa shape index (κ3) is 4.65. The molecule has 0 atom stereocenters. The maximum Gasteiger partial charge on any atom is 0.315 e. The Morgan fingerprint density at radius 1 is 0.931 bits per heavy atom. The summed E-state index contributed by atoms with van der Waals surface area (Å²) in [6, 6.07) is 22.9. The van der Waals surface area contributed by atoms with Crippen molar-refractivity contribution < 1.29 is 4.79 Å². The molecule has 2 amide bonds. The largest absolute Gasteiger partial charge is 0.332 e. The van der Waals surface area contributed by atoms with Crippen molar-refractivity contribution in [3.63, 3.8) is 0 Å². The van der Waals surface area contributed by atoms with Gasteiger partial charge in [-0.3, -0.25) is 4.98 Å². The third-order valence-electron chi connectivity index (χ3n) is 4.42. The van der Waals surface area contributed by atoms with Gasteiger partial charge >= 0.3 is 6.03 Å². The molecule has 4 rings (SSSR count). The molecule has 0 aliphatic carbocycles. The Balaban J connectivity index is 1.42. The molecule has 0 aliphatic heterocycles. The van der Waals surface area contributed by atoms with Crippen molar-refractivity contribution in [3.8, 4) is 5.69 Å².